The fourth-order valence-corrected chi connectivity index (χ4v) is 6.52. The highest BCUT2D eigenvalue weighted by atomic mass is 16.2. The Balaban J connectivity index is 1.69. The summed E-state index contributed by atoms with van der Waals surface area (Å²) >= 11 is 0. The quantitative estimate of drug-likeness (QED) is 0.487. The van der Waals surface area contributed by atoms with E-state index in [1.807, 2.05) is 94.4 Å². The topological polar surface area (TPSA) is 66.5 Å². The number of anilines is 2. The number of nitrogens with zero attached hydrogens (tertiary/aromatic N) is 1. The lowest BCUT2D eigenvalue weighted by molar-refractivity contribution is -0.128. The second-order valence-corrected chi connectivity index (χ2v) is 11.4. The molecular formula is C32H30N2O3. The molecule has 186 valence electrons. The minimum atomic E-state index is -1.26. The largest absolute Gasteiger partial charge is 0.352 e. The first-order valence-electron chi connectivity index (χ1n) is 12.8. The van der Waals surface area contributed by atoms with E-state index in [9.17, 15) is 14.4 Å². The summed E-state index contributed by atoms with van der Waals surface area (Å²) in [5.74, 6) is -1.39. The molecule has 5 heteroatoms. The molecule has 3 heterocycles. The number of aryl methyl sites for hydroxylation is 1. The number of amides is 1. The molecule has 0 saturated carbocycles. The molecule has 5 nitrogen and oxygen atoms in total. The van der Waals surface area contributed by atoms with Crippen LogP contribution in [0, 0.1) is 18.3 Å². The first-order chi connectivity index (χ1) is 17.7. The zero-order chi connectivity index (χ0) is 26.1. The Kier molecular flexibility index (Phi) is 5.07. The van der Waals surface area contributed by atoms with Gasteiger partial charge in [0.2, 0.25) is 5.91 Å². The highest BCUT2D eigenvalue weighted by Gasteiger charge is 2.70. The number of hydrogen-bond donors (Lipinski definition) is 1. The predicted molar refractivity (Wildman–Crippen MR) is 146 cm³/mol. The maximum atomic E-state index is 14.5. The van der Waals surface area contributed by atoms with E-state index in [4.69, 9.17) is 0 Å². The molecule has 1 amide bonds. The molecule has 0 radical (unpaired) electrons. The Bertz CT molecular complexity index is 1480. The van der Waals surface area contributed by atoms with Crippen molar-refractivity contribution in [3.63, 3.8) is 0 Å². The summed E-state index contributed by atoms with van der Waals surface area (Å²) in [6.45, 7) is 7.69. The van der Waals surface area contributed by atoms with Gasteiger partial charge in [0.05, 0.1) is 12.0 Å². The number of carbonyl (C=O) groups is 3. The summed E-state index contributed by atoms with van der Waals surface area (Å²) in [5.41, 5.74) is 2.96. The maximum Gasteiger partial charge on any atom is 0.238 e. The maximum absolute atomic E-state index is 14.5. The Hall–Kier alpha value is -3.99. The van der Waals surface area contributed by atoms with Crippen molar-refractivity contribution < 1.29 is 14.4 Å². The van der Waals surface area contributed by atoms with E-state index in [1.165, 1.54) is 0 Å². The van der Waals surface area contributed by atoms with Gasteiger partial charge < -0.3 is 10.2 Å². The molecule has 1 fully saturated rings. The Morgan fingerprint density at radius 1 is 0.946 bits per heavy atom. The molecule has 1 spiro atoms. The molecule has 6 rings (SSSR count). The second-order valence-electron chi connectivity index (χ2n) is 11.4. The van der Waals surface area contributed by atoms with E-state index in [1.54, 1.807) is 12.1 Å². The van der Waals surface area contributed by atoms with Crippen LogP contribution >= 0.6 is 0 Å². The molecular weight excluding hydrogens is 460 g/mol. The third-order valence-corrected chi connectivity index (χ3v) is 8.14. The smallest absolute Gasteiger partial charge is 0.238 e. The van der Waals surface area contributed by atoms with Crippen LogP contribution in [-0.4, -0.2) is 29.6 Å². The standard InChI is InChI=1S/C32H30N2O3/c1-19-14-16-24-21(18-19)15-17-25-32(22-12-8-9-13-23(22)33-30(32)37)26(28(35)20-10-6-5-7-11-20)27(34(24)25)29(36)31(2,3)4/h5-18,25-27H,1-4H3,(H,33,37). The van der Waals surface area contributed by atoms with Gasteiger partial charge in [-0.25, -0.2) is 0 Å². The Morgan fingerprint density at radius 2 is 1.65 bits per heavy atom. The number of nitrogens with one attached hydrogen (secondary N) is 1. The van der Waals surface area contributed by atoms with E-state index in [-0.39, 0.29) is 17.5 Å². The van der Waals surface area contributed by atoms with Crippen LogP contribution in [-0.2, 0) is 15.0 Å². The van der Waals surface area contributed by atoms with E-state index in [0.29, 0.717) is 11.3 Å². The van der Waals surface area contributed by atoms with Gasteiger partial charge in [0.1, 0.15) is 11.5 Å². The van der Waals surface area contributed by atoms with Crippen molar-refractivity contribution in [3.8, 4) is 0 Å². The molecule has 1 N–H and O–H groups in total. The summed E-state index contributed by atoms with van der Waals surface area (Å²) in [5, 5.41) is 3.07. The average Bonchev–Trinajstić information content (AvgIpc) is 3.35. The molecule has 3 aliphatic heterocycles. The summed E-state index contributed by atoms with van der Waals surface area (Å²) in [6, 6.07) is 21.5. The van der Waals surface area contributed by atoms with Crippen LogP contribution in [0.25, 0.3) is 6.08 Å². The van der Waals surface area contributed by atoms with Gasteiger partial charge in [0.15, 0.2) is 11.6 Å². The monoisotopic (exact) mass is 490 g/mol. The number of carbonyl (C=O) groups excluding carboxylic acids is 3. The zero-order valence-electron chi connectivity index (χ0n) is 21.5. The van der Waals surface area contributed by atoms with Crippen LogP contribution in [0.3, 0.4) is 0 Å². The number of benzene rings is 3. The van der Waals surface area contributed by atoms with Crippen molar-refractivity contribution in [2.75, 3.05) is 10.2 Å². The molecule has 4 unspecified atom stereocenters. The number of rotatable bonds is 3. The SMILES string of the molecule is Cc1ccc2c(c1)C=CC1N2C(C(=O)C(C)(C)C)C(C(=O)c2ccccc2)C12C(=O)Nc1ccccc12. The van der Waals surface area contributed by atoms with Crippen molar-refractivity contribution in [3.05, 3.63) is 101 Å². The molecule has 0 bridgehead atoms. The Morgan fingerprint density at radius 3 is 2.38 bits per heavy atom. The fraction of sp³-hybridized carbons (Fsp3) is 0.281. The van der Waals surface area contributed by atoms with Gasteiger partial charge >= 0.3 is 0 Å². The second kappa shape index (κ2) is 8.01. The molecule has 4 atom stereocenters. The normalized spacial score (nSPS) is 25.5. The first-order valence-corrected chi connectivity index (χ1v) is 12.8. The molecule has 37 heavy (non-hydrogen) atoms. The van der Waals surface area contributed by atoms with E-state index >= 15 is 0 Å². The highest BCUT2D eigenvalue weighted by molar-refractivity contribution is 6.17. The number of fused-ring (bicyclic) bond motifs is 6. The van der Waals surface area contributed by atoms with Gasteiger partial charge in [-0.05, 0) is 36.2 Å². The summed E-state index contributed by atoms with van der Waals surface area (Å²) in [7, 11) is 0. The van der Waals surface area contributed by atoms with E-state index in [0.717, 1.165) is 22.4 Å². The van der Waals surface area contributed by atoms with Crippen LogP contribution in [0.2, 0.25) is 0 Å². The van der Waals surface area contributed by atoms with Gasteiger partial charge in [-0.15, -0.1) is 0 Å². The van der Waals surface area contributed by atoms with Crippen molar-refractivity contribution in [2.24, 2.45) is 11.3 Å². The van der Waals surface area contributed by atoms with Gasteiger partial charge in [-0.2, -0.15) is 0 Å². The third kappa shape index (κ3) is 3.19. The van der Waals surface area contributed by atoms with Gasteiger partial charge in [-0.3, -0.25) is 14.4 Å². The minimum absolute atomic E-state index is 0.0531. The molecule has 1 saturated heterocycles. The number of para-hydroxylation sites is 1. The van der Waals surface area contributed by atoms with Gasteiger partial charge in [0, 0.05) is 22.4 Å². The Labute approximate surface area is 217 Å². The molecule has 3 aliphatic rings. The van der Waals surface area contributed by atoms with Crippen LogP contribution in [0.1, 0.15) is 47.8 Å². The van der Waals surface area contributed by atoms with Crippen molar-refractivity contribution in [2.45, 2.75) is 45.2 Å². The summed E-state index contributed by atoms with van der Waals surface area (Å²) in [4.78, 5) is 45.2. The van der Waals surface area contributed by atoms with Crippen LogP contribution in [0.4, 0.5) is 11.4 Å². The molecule has 0 aliphatic carbocycles. The molecule has 0 aromatic heterocycles. The lowest BCUT2D eigenvalue weighted by Gasteiger charge is -2.38. The highest BCUT2D eigenvalue weighted by Crippen LogP contribution is 2.58. The van der Waals surface area contributed by atoms with Crippen molar-refractivity contribution in [1.82, 2.24) is 0 Å². The lowest BCUT2D eigenvalue weighted by atomic mass is 9.63. The molecule has 3 aromatic carbocycles. The predicted octanol–water partition coefficient (Wildman–Crippen LogP) is 5.58. The van der Waals surface area contributed by atoms with Gasteiger partial charge in [-0.1, -0.05) is 93.1 Å². The number of Topliss-reactive ketones (excluding diaryl/α,β-unsaturated/α-hetero) is 2. The number of hydrogen-bond acceptors (Lipinski definition) is 4. The third-order valence-electron chi connectivity index (χ3n) is 8.14. The van der Waals surface area contributed by atoms with E-state index < -0.39 is 28.8 Å². The summed E-state index contributed by atoms with van der Waals surface area (Å²) < 4.78 is 0. The minimum Gasteiger partial charge on any atom is -0.352 e. The average molecular weight is 491 g/mol. The lowest BCUT2D eigenvalue weighted by Crippen LogP contribution is -2.51. The van der Waals surface area contributed by atoms with Crippen LogP contribution in [0.15, 0.2) is 78.9 Å². The zero-order valence-corrected chi connectivity index (χ0v) is 21.5. The van der Waals surface area contributed by atoms with Gasteiger partial charge in [0.25, 0.3) is 0 Å². The van der Waals surface area contributed by atoms with Crippen LogP contribution < -0.4 is 10.2 Å². The fourth-order valence-electron chi connectivity index (χ4n) is 6.52. The summed E-state index contributed by atoms with van der Waals surface area (Å²) in [6.07, 6.45) is 4.05. The van der Waals surface area contributed by atoms with Crippen molar-refractivity contribution >= 4 is 34.9 Å². The first kappa shape index (κ1) is 23.4. The van der Waals surface area contributed by atoms with E-state index in [2.05, 4.69) is 16.3 Å². The number of ketones is 2. The van der Waals surface area contributed by atoms with Crippen molar-refractivity contribution in [1.29, 1.82) is 0 Å². The molecule has 3 aromatic rings. The van der Waals surface area contributed by atoms with Crippen LogP contribution in [0.5, 0.6) is 0 Å².